The number of hydrogen-bond donors (Lipinski definition) is 0. The van der Waals surface area contributed by atoms with Gasteiger partial charge in [0.1, 0.15) is 12.4 Å². The second-order valence-corrected chi connectivity index (χ2v) is 6.75. The van der Waals surface area contributed by atoms with Crippen molar-refractivity contribution in [3.8, 4) is 16.9 Å². The van der Waals surface area contributed by atoms with E-state index in [-0.39, 0.29) is 6.61 Å². The average molecular weight is 419 g/mol. The van der Waals surface area contributed by atoms with Crippen LogP contribution in [-0.2, 0) is 22.6 Å². The molecule has 4 nitrogen and oxygen atoms in total. The fourth-order valence-corrected chi connectivity index (χ4v) is 3.78. The maximum atomic E-state index is 11.9. The van der Waals surface area contributed by atoms with Crippen molar-refractivity contribution in [3.63, 3.8) is 0 Å². The molecule has 5 heteroatoms. The number of aldehydes is 1. The summed E-state index contributed by atoms with van der Waals surface area (Å²) in [4.78, 5) is 23.3. The van der Waals surface area contributed by atoms with Crippen LogP contribution in [0.3, 0.4) is 0 Å². The minimum Gasteiger partial charge on any atom is -0.495 e. The number of methoxy groups -OCH3 is 1. The maximum absolute atomic E-state index is 11.9. The lowest BCUT2D eigenvalue weighted by Crippen LogP contribution is -2.09. The van der Waals surface area contributed by atoms with Gasteiger partial charge < -0.3 is 9.47 Å². The monoisotopic (exact) mass is 418 g/mol. The van der Waals surface area contributed by atoms with Crippen LogP contribution in [0.5, 0.6) is 5.75 Å². The fraction of sp³-hybridized carbons (Fsp3) is 0.333. The Labute approximate surface area is 162 Å². The first kappa shape index (κ1) is 20.2. The highest BCUT2D eigenvalue weighted by Crippen LogP contribution is 2.43. The molecule has 0 unspecified atom stereocenters. The summed E-state index contributed by atoms with van der Waals surface area (Å²) in [6.07, 6.45) is 3.62. The number of esters is 1. The van der Waals surface area contributed by atoms with Gasteiger partial charge in [0.05, 0.1) is 17.1 Å². The maximum Gasteiger partial charge on any atom is 0.302 e. The molecule has 0 bridgehead atoms. The highest BCUT2D eigenvalue weighted by molar-refractivity contribution is 9.10. The van der Waals surface area contributed by atoms with E-state index in [0.29, 0.717) is 16.9 Å². The van der Waals surface area contributed by atoms with Crippen molar-refractivity contribution in [1.29, 1.82) is 0 Å². The second kappa shape index (κ2) is 9.53. The zero-order valence-corrected chi connectivity index (χ0v) is 16.9. The van der Waals surface area contributed by atoms with Crippen LogP contribution in [0.2, 0.25) is 0 Å². The fourth-order valence-electron chi connectivity index (χ4n) is 3.01. The zero-order valence-electron chi connectivity index (χ0n) is 15.3. The van der Waals surface area contributed by atoms with Gasteiger partial charge in [-0.1, -0.05) is 43.7 Å². The van der Waals surface area contributed by atoms with Crippen LogP contribution < -0.4 is 4.74 Å². The molecule has 0 aliphatic heterocycles. The van der Waals surface area contributed by atoms with Crippen LogP contribution in [0.1, 0.15) is 48.2 Å². The third-order valence-corrected chi connectivity index (χ3v) is 5.06. The Morgan fingerprint density at radius 2 is 1.88 bits per heavy atom. The lowest BCUT2D eigenvalue weighted by atomic mass is 9.88. The summed E-state index contributed by atoms with van der Waals surface area (Å²) in [6.45, 7) is 3.51. The van der Waals surface area contributed by atoms with Crippen LogP contribution >= 0.6 is 15.9 Å². The van der Waals surface area contributed by atoms with E-state index in [2.05, 4.69) is 22.9 Å². The van der Waals surface area contributed by atoms with E-state index < -0.39 is 5.97 Å². The van der Waals surface area contributed by atoms with Crippen molar-refractivity contribution in [3.05, 3.63) is 51.5 Å². The van der Waals surface area contributed by atoms with Crippen LogP contribution in [-0.4, -0.2) is 19.4 Å². The average Bonchev–Trinajstić information content (AvgIpc) is 2.65. The van der Waals surface area contributed by atoms with Gasteiger partial charge in [-0.3, -0.25) is 9.59 Å². The number of hydrogen-bond acceptors (Lipinski definition) is 4. The highest BCUT2D eigenvalue weighted by atomic mass is 79.9. The Balaban J connectivity index is 2.82. The van der Waals surface area contributed by atoms with Gasteiger partial charge in [-0.05, 0) is 45.5 Å². The molecule has 0 heterocycles. The third kappa shape index (κ3) is 4.33. The predicted molar refractivity (Wildman–Crippen MR) is 106 cm³/mol. The van der Waals surface area contributed by atoms with Crippen LogP contribution in [0, 0.1) is 0 Å². The van der Waals surface area contributed by atoms with Gasteiger partial charge in [0.15, 0.2) is 6.29 Å². The molecule has 26 heavy (non-hydrogen) atoms. The largest absolute Gasteiger partial charge is 0.495 e. The zero-order chi connectivity index (χ0) is 19.1. The Kier molecular flexibility index (Phi) is 7.39. The number of halogens is 1. The summed E-state index contributed by atoms with van der Waals surface area (Å²) in [5.74, 6) is 0.0887. The van der Waals surface area contributed by atoms with Crippen molar-refractivity contribution in [1.82, 2.24) is 0 Å². The molecule has 0 radical (unpaired) electrons. The van der Waals surface area contributed by atoms with Crippen molar-refractivity contribution >= 4 is 28.2 Å². The SMILES string of the molecule is CCCCc1c(Br)c(OC)c(C=O)c(COC(C)=O)c1-c1ccccc1. The molecule has 0 aliphatic carbocycles. The smallest absolute Gasteiger partial charge is 0.302 e. The van der Waals surface area contributed by atoms with Gasteiger partial charge in [-0.25, -0.2) is 0 Å². The van der Waals surface area contributed by atoms with Crippen molar-refractivity contribution in [2.24, 2.45) is 0 Å². The summed E-state index contributed by atoms with van der Waals surface area (Å²) in [5, 5.41) is 0. The lowest BCUT2D eigenvalue weighted by Gasteiger charge is -2.22. The topological polar surface area (TPSA) is 52.6 Å². The highest BCUT2D eigenvalue weighted by Gasteiger charge is 2.24. The first-order chi connectivity index (χ1) is 12.5. The van der Waals surface area contributed by atoms with Crippen LogP contribution in [0.15, 0.2) is 34.8 Å². The normalized spacial score (nSPS) is 10.5. The molecule has 0 N–H and O–H groups in total. The molecule has 0 saturated heterocycles. The van der Waals surface area contributed by atoms with Gasteiger partial charge in [0, 0.05) is 12.5 Å². The Bertz CT molecular complexity index is 785. The van der Waals surface area contributed by atoms with Crippen molar-refractivity contribution in [2.45, 2.75) is 39.7 Å². The quantitative estimate of drug-likeness (QED) is 0.428. The van der Waals surface area contributed by atoms with Gasteiger partial charge in [0.2, 0.25) is 0 Å². The van der Waals surface area contributed by atoms with Crippen molar-refractivity contribution < 1.29 is 19.1 Å². The molecule has 2 aromatic carbocycles. The molecule has 138 valence electrons. The van der Waals surface area contributed by atoms with E-state index in [4.69, 9.17) is 9.47 Å². The predicted octanol–water partition coefficient (Wildman–Crippen LogP) is 5.34. The molecule has 0 fully saturated rings. The summed E-state index contributed by atoms with van der Waals surface area (Å²) in [5.41, 5.74) is 4.04. The standard InChI is InChI=1S/C21H23BrO4/c1-4-5-11-16-19(15-9-7-6-8-10-15)18(13-26-14(2)24)17(12-23)21(25-3)20(16)22/h6-10,12H,4-5,11,13H2,1-3H3. The number of rotatable bonds is 8. The molecule has 0 atom stereocenters. The second-order valence-electron chi connectivity index (χ2n) is 5.96. The lowest BCUT2D eigenvalue weighted by molar-refractivity contribution is -0.142. The summed E-state index contributed by atoms with van der Waals surface area (Å²) < 4.78 is 11.5. The van der Waals surface area contributed by atoms with Crippen LogP contribution in [0.25, 0.3) is 11.1 Å². The van der Waals surface area contributed by atoms with E-state index in [1.165, 1.54) is 14.0 Å². The number of benzene rings is 2. The van der Waals surface area contributed by atoms with Gasteiger partial charge >= 0.3 is 5.97 Å². The molecule has 0 aromatic heterocycles. The number of carbonyl (C=O) groups excluding carboxylic acids is 2. The molecular weight excluding hydrogens is 396 g/mol. The number of carbonyl (C=O) groups is 2. The minimum atomic E-state index is -0.391. The minimum absolute atomic E-state index is 0.0242. The molecule has 0 saturated carbocycles. The Morgan fingerprint density at radius 1 is 1.19 bits per heavy atom. The van der Waals surface area contributed by atoms with Gasteiger partial charge in [0.25, 0.3) is 0 Å². The van der Waals surface area contributed by atoms with Crippen LogP contribution in [0.4, 0.5) is 0 Å². The summed E-state index contributed by atoms with van der Waals surface area (Å²) in [6, 6.07) is 9.84. The van der Waals surface area contributed by atoms with E-state index >= 15 is 0 Å². The Hall–Kier alpha value is -2.14. The molecule has 2 aromatic rings. The first-order valence-corrected chi connectivity index (χ1v) is 9.39. The van der Waals surface area contributed by atoms with Crippen molar-refractivity contribution in [2.75, 3.05) is 7.11 Å². The molecule has 0 spiro atoms. The van der Waals surface area contributed by atoms with E-state index in [9.17, 15) is 9.59 Å². The molecule has 0 amide bonds. The third-order valence-electron chi connectivity index (χ3n) is 4.22. The molecular formula is C21H23BrO4. The Morgan fingerprint density at radius 3 is 2.42 bits per heavy atom. The first-order valence-electron chi connectivity index (χ1n) is 8.60. The van der Waals surface area contributed by atoms with E-state index in [1.54, 1.807) is 0 Å². The van der Waals surface area contributed by atoms with Gasteiger partial charge in [-0.15, -0.1) is 0 Å². The number of ether oxygens (including phenoxy) is 2. The summed E-state index contributed by atoms with van der Waals surface area (Å²) in [7, 11) is 1.54. The molecule has 0 aliphatic rings. The van der Waals surface area contributed by atoms with E-state index in [1.807, 2.05) is 30.3 Å². The molecule has 2 rings (SSSR count). The summed E-state index contributed by atoms with van der Waals surface area (Å²) >= 11 is 3.63. The van der Waals surface area contributed by atoms with Gasteiger partial charge in [-0.2, -0.15) is 0 Å². The van der Waals surface area contributed by atoms with E-state index in [0.717, 1.165) is 46.7 Å². The number of unbranched alkanes of at least 4 members (excludes halogenated alkanes) is 1.